The Bertz CT molecular complexity index is 577. The van der Waals surface area contributed by atoms with Gasteiger partial charge >= 0.3 is 0 Å². The molecule has 1 aromatic carbocycles. The van der Waals surface area contributed by atoms with Crippen molar-refractivity contribution in [1.82, 2.24) is 4.98 Å². The number of hydrogen-bond acceptors (Lipinski definition) is 2. The molecule has 2 aromatic rings. The molecule has 0 radical (unpaired) electrons. The topological polar surface area (TPSA) is 33.1 Å². The first kappa shape index (κ1) is 11.3. The van der Waals surface area contributed by atoms with Crippen molar-refractivity contribution >= 4 is 0 Å². The summed E-state index contributed by atoms with van der Waals surface area (Å²) in [6.07, 6.45) is 5.38. The van der Waals surface area contributed by atoms with Crippen molar-refractivity contribution in [3.63, 3.8) is 0 Å². The third-order valence-corrected chi connectivity index (χ3v) is 3.82. The zero-order valence-electron chi connectivity index (χ0n) is 10.6. The van der Waals surface area contributed by atoms with Gasteiger partial charge in [-0.15, -0.1) is 0 Å². The van der Waals surface area contributed by atoms with E-state index in [9.17, 15) is 5.11 Å². The summed E-state index contributed by atoms with van der Waals surface area (Å²) in [6.45, 7) is 2.06. The van der Waals surface area contributed by atoms with Crippen molar-refractivity contribution in [3.8, 4) is 5.75 Å². The summed E-state index contributed by atoms with van der Waals surface area (Å²) in [5.41, 5.74) is 5.05. The van der Waals surface area contributed by atoms with Crippen molar-refractivity contribution in [1.29, 1.82) is 0 Å². The summed E-state index contributed by atoms with van der Waals surface area (Å²) in [4.78, 5) is 4.58. The highest BCUT2D eigenvalue weighted by Gasteiger charge is 2.23. The van der Waals surface area contributed by atoms with E-state index in [0.29, 0.717) is 11.7 Å². The van der Waals surface area contributed by atoms with Crippen LogP contribution in [0.2, 0.25) is 0 Å². The highest BCUT2D eigenvalue weighted by atomic mass is 16.3. The minimum absolute atomic E-state index is 0.341. The van der Waals surface area contributed by atoms with Crippen LogP contribution in [0.5, 0.6) is 5.75 Å². The van der Waals surface area contributed by atoms with Gasteiger partial charge in [0.2, 0.25) is 0 Å². The number of phenolic OH excluding ortho intramolecular Hbond substituents is 1. The molecule has 0 saturated carbocycles. The van der Waals surface area contributed by atoms with Gasteiger partial charge in [-0.25, -0.2) is 0 Å². The Morgan fingerprint density at radius 2 is 2.17 bits per heavy atom. The minimum Gasteiger partial charge on any atom is -0.508 e. The average Bonchev–Trinajstić information content (AvgIpc) is 2.38. The molecule has 92 valence electrons. The normalized spacial score (nSPS) is 18.4. The second-order valence-electron chi connectivity index (χ2n) is 5.03. The smallest absolute Gasteiger partial charge is 0.115 e. The lowest BCUT2D eigenvalue weighted by molar-refractivity contribution is 0.474. The molecule has 0 saturated heterocycles. The lowest BCUT2D eigenvalue weighted by Crippen LogP contribution is -2.13. The molecule has 0 fully saturated rings. The molecule has 0 bridgehead atoms. The summed E-state index contributed by atoms with van der Waals surface area (Å²) in [5.74, 6) is 0.726. The van der Waals surface area contributed by atoms with Crippen molar-refractivity contribution in [2.75, 3.05) is 0 Å². The van der Waals surface area contributed by atoms with E-state index in [0.717, 1.165) is 18.4 Å². The number of nitrogens with zero attached hydrogens (tertiary/aromatic N) is 1. The molecule has 1 heterocycles. The molecule has 3 rings (SSSR count). The standard InChI is InChI=1S/C16H17NO/c1-11-10-13(18)7-8-14(11)15-6-2-4-12-5-3-9-17-16(12)15/h3,5,7-10,15,18H,2,4,6H2,1H3. The van der Waals surface area contributed by atoms with Crippen molar-refractivity contribution in [3.05, 3.63) is 58.9 Å². The molecule has 0 amide bonds. The molecule has 1 aromatic heterocycles. The summed E-state index contributed by atoms with van der Waals surface area (Å²) < 4.78 is 0. The van der Waals surface area contributed by atoms with Crippen LogP contribution in [-0.2, 0) is 6.42 Å². The van der Waals surface area contributed by atoms with E-state index in [2.05, 4.69) is 18.0 Å². The zero-order valence-corrected chi connectivity index (χ0v) is 10.6. The second kappa shape index (κ2) is 4.45. The maximum atomic E-state index is 9.52. The lowest BCUT2D eigenvalue weighted by Gasteiger charge is -2.25. The fourth-order valence-corrected chi connectivity index (χ4v) is 2.96. The van der Waals surface area contributed by atoms with Crippen LogP contribution in [0.3, 0.4) is 0 Å². The van der Waals surface area contributed by atoms with Crippen LogP contribution in [0.4, 0.5) is 0 Å². The first-order valence-corrected chi connectivity index (χ1v) is 6.49. The first-order valence-electron chi connectivity index (χ1n) is 6.49. The number of aromatic hydroxyl groups is 1. The van der Waals surface area contributed by atoms with Gasteiger partial charge in [-0.2, -0.15) is 0 Å². The molecular formula is C16H17NO. The molecule has 1 aliphatic rings. The van der Waals surface area contributed by atoms with E-state index in [-0.39, 0.29) is 0 Å². The third-order valence-electron chi connectivity index (χ3n) is 3.82. The predicted octanol–water partition coefficient (Wildman–Crippen LogP) is 3.56. The Labute approximate surface area is 107 Å². The van der Waals surface area contributed by atoms with Crippen LogP contribution in [-0.4, -0.2) is 10.1 Å². The highest BCUT2D eigenvalue weighted by molar-refractivity contribution is 5.42. The van der Waals surface area contributed by atoms with Crippen molar-refractivity contribution < 1.29 is 5.11 Å². The number of benzene rings is 1. The number of rotatable bonds is 1. The minimum atomic E-state index is 0.341. The summed E-state index contributed by atoms with van der Waals surface area (Å²) in [5, 5.41) is 9.52. The number of aryl methyl sites for hydroxylation is 2. The fraction of sp³-hybridized carbons (Fsp3) is 0.312. The Morgan fingerprint density at radius 3 is 3.00 bits per heavy atom. The highest BCUT2D eigenvalue weighted by Crippen LogP contribution is 2.37. The molecule has 0 aliphatic heterocycles. The number of fused-ring (bicyclic) bond motifs is 1. The number of phenols is 1. The van der Waals surface area contributed by atoms with Crippen molar-refractivity contribution in [2.45, 2.75) is 32.1 Å². The van der Waals surface area contributed by atoms with Gasteiger partial charge in [-0.1, -0.05) is 12.1 Å². The van der Waals surface area contributed by atoms with E-state index >= 15 is 0 Å². The number of pyridine rings is 1. The molecule has 1 unspecified atom stereocenters. The second-order valence-corrected chi connectivity index (χ2v) is 5.03. The van der Waals surface area contributed by atoms with Gasteiger partial charge in [0, 0.05) is 12.1 Å². The largest absolute Gasteiger partial charge is 0.508 e. The Balaban J connectivity index is 2.08. The van der Waals surface area contributed by atoms with Gasteiger partial charge < -0.3 is 5.11 Å². The summed E-state index contributed by atoms with van der Waals surface area (Å²) in [6, 6.07) is 9.86. The monoisotopic (exact) mass is 239 g/mol. The molecule has 2 heteroatoms. The van der Waals surface area contributed by atoms with Gasteiger partial charge in [-0.3, -0.25) is 4.98 Å². The van der Waals surface area contributed by atoms with Gasteiger partial charge in [0.25, 0.3) is 0 Å². The lowest BCUT2D eigenvalue weighted by atomic mass is 9.80. The summed E-state index contributed by atoms with van der Waals surface area (Å²) >= 11 is 0. The Kier molecular flexibility index (Phi) is 2.78. The number of aromatic nitrogens is 1. The van der Waals surface area contributed by atoms with Crippen LogP contribution in [0.1, 0.15) is 41.1 Å². The average molecular weight is 239 g/mol. The van der Waals surface area contributed by atoms with Crippen LogP contribution >= 0.6 is 0 Å². The van der Waals surface area contributed by atoms with Crippen LogP contribution in [0.15, 0.2) is 36.5 Å². The van der Waals surface area contributed by atoms with E-state index < -0.39 is 0 Å². The zero-order chi connectivity index (χ0) is 12.5. The Hall–Kier alpha value is -1.83. The predicted molar refractivity (Wildman–Crippen MR) is 71.9 cm³/mol. The molecule has 18 heavy (non-hydrogen) atoms. The Morgan fingerprint density at radius 1 is 1.28 bits per heavy atom. The van der Waals surface area contributed by atoms with E-state index in [1.807, 2.05) is 24.4 Å². The summed E-state index contributed by atoms with van der Waals surface area (Å²) in [7, 11) is 0. The van der Waals surface area contributed by atoms with Gasteiger partial charge in [0.05, 0.1) is 5.69 Å². The SMILES string of the molecule is Cc1cc(O)ccc1C1CCCc2cccnc21. The first-order chi connectivity index (χ1) is 8.75. The van der Waals surface area contributed by atoms with E-state index in [1.54, 1.807) is 6.07 Å². The molecule has 1 aliphatic carbocycles. The van der Waals surface area contributed by atoms with Gasteiger partial charge in [0.15, 0.2) is 0 Å². The molecule has 1 N–H and O–H groups in total. The molecule has 2 nitrogen and oxygen atoms in total. The number of hydrogen-bond donors (Lipinski definition) is 1. The van der Waals surface area contributed by atoms with Crippen LogP contribution in [0.25, 0.3) is 0 Å². The molecule has 0 spiro atoms. The van der Waals surface area contributed by atoms with Gasteiger partial charge in [0.1, 0.15) is 5.75 Å². The van der Waals surface area contributed by atoms with Crippen LogP contribution < -0.4 is 0 Å². The quantitative estimate of drug-likeness (QED) is 0.825. The molecular weight excluding hydrogens is 222 g/mol. The van der Waals surface area contributed by atoms with E-state index in [4.69, 9.17) is 0 Å². The van der Waals surface area contributed by atoms with Crippen molar-refractivity contribution in [2.24, 2.45) is 0 Å². The van der Waals surface area contributed by atoms with Crippen LogP contribution in [0, 0.1) is 6.92 Å². The van der Waals surface area contributed by atoms with Gasteiger partial charge in [-0.05, 0) is 61.1 Å². The maximum Gasteiger partial charge on any atom is 0.115 e. The molecule has 1 atom stereocenters. The third kappa shape index (κ3) is 1.88. The maximum absolute atomic E-state index is 9.52. The fourth-order valence-electron chi connectivity index (χ4n) is 2.96. The van der Waals surface area contributed by atoms with E-state index in [1.165, 1.54) is 23.2 Å².